The van der Waals surface area contributed by atoms with E-state index in [0.717, 1.165) is 0 Å². The Morgan fingerprint density at radius 3 is 1.32 bits per heavy atom. The van der Waals surface area contributed by atoms with Gasteiger partial charge in [-0.25, -0.2) is 0 Å². The molecule has 0 aromatic carbocycles. The largest absolute Gasteiger partial charge is 0.388 e. The van der Waals surface area contributed by atoms with Crippen molar-refractivity contribution in [1.82, 2.24) is 0 Å². The molecule has 0 aliphatic carbocycles. The molecular weight excluding hydrogens is 424 g/mol. The molecular formula is C18H32O13. The van der Waals surface area contributed by atoms with E-state index in [1.54, 1.807) is 0 Å². The molecule has 13 heteroatoms. The molecule has 15 atom stereocenters. The van der Waals surface area contributed by atoms with Crippen LogP contribution in [0.3, 0.4) is 0 Å². The van der Waals surface area contributed by atoms with E-state index in [0.29, 0.717) is 0 Å². The van der Waals surface area contributed by atoms with E-state index in [1.165, 1.54) is 20.8 Å². The first kappa shape index (κ1) is 25.1. The van der Waals surface area contributed by atoms with Crippen LogP contribution in [-0.4, -0.2) is 133 Å². The van der Waals surface area contributed by atoms with Gasteiger partial charge >= 0.3 is 0 Å². The second-order valence-electron chi connectivity index (χ2n) is 8.29. The smallest absolute Gasteiger partial charge is 0.187 e. The van der Waals surface area contributed by atoms with Crippen LogP contribution in [0.15, 0.2) is 0 Å². The van der Waals surface area contributed by atoms with Crippen LogP contribution in [-0.2, 0) is 23.7 Å². The zero-order valence-corrected chi connectivity index (χ0v) is 17.3. The van der Waals surface area contributed by atoms with Crippen LogP contribution < -0.4 is 0 Å². The third kappa shape index (κ3) is 4.89. The van der Waals surface area contributed by atoms with E-state index in [9.17, 15) is 40.9 Å². The zero-order valence-electron chi connectivity index (χ0n) is 17.3. The van der Waals surface area contributed by atoms with Gasteiger partial charge in [0.05, 0.1) is 18.3 Å². The van der Waals surface area contributed by atoms with E-state index in [-0.39, 0.29) is 0 Å². The molecule has 3 aliphatic heterocycles. The monoisotopic (exact) mass is 456 g/mol. The molecule has 8 N–H and O–H groups in total. The van der Waals surface area contributed by atoms with Gasteiger partial charge in [-0.2, -0.15) is 0 Å². The normalized spacial score (nSPS) is 56.4. The van der Waals surface area contributed by atoms with Crippen molar-refractivity contribution in [2.45, 2.75) is 113 Å². The van der Waals surface area contributed by atoms with E-state index < -0.39 is 92.1 Å². The maximum atomic E-state index is 10.8. The Bertz CT molecular complexity index is 547. The Labute approximate surface area is 178 Å². The summed E-state index contributed by atoms with van der Waals surface area (Å²) in [5.74, 6) is 0. The maximum absolute atomic E-state index is 10.8. The topological polar surface area (TPSA) is 208 Å². The number of aliphatic hydroxyl groups excluding tert-OH is 8. The lowest BCUT2D eigenvalue weighted by Crippen LogP contribution is -2.65. The van der Waals surface area contributed by atoms with Crippen LogP contribution in [0, 0.1) is 0 Å². The molecule has 3 rings (SSSR count). The molecule has 0 spiro atoms. The van der Waals surface area contributed by atoms with Gasteiger partial charge < -0.3 is 64.5 Å². The minimum atomic E-state index is -1.68. The van der Waals surface area contributed by atoms with Crippen LogP contribution in [0.2, 0.25) is 0 Å². The number of hydrogen-bond acceptors (Lipinski definition) is 13. The molecule has 0 saturated carbocycles. The van der Waals surface area contributed by atoms with Crippen molar-refractivity contribution in [2.75, 3.05) is 0 Å². The molecule has 182 valence electrons. The molecule has 15 unspecified atom stereocenters. The highest BCUT2D eigenvalue weighted by Gasteiger charge is 2.51. The summed E-state index contributed by atoms with van der Waals surface area (Å²) in [6.45, 7) is 4.38. The van der Waals surface area contributed by atoms with Crippen molar-refractivity contribution in [1.29, 1.82) is 0 Å². The minimum absolute atomic E-state index is 0.877. The first-order valence-electron chi connectivity index (χ1n) is 10.2. The van der Waals surface area contributed by atoms with Crippen LogP contribution in [0.5, 0.6) is 0 Å². The summed E-state index contributed by atoms with van der Waals surface area (Å²) < 4.78 is 27.1. The van der Waals surface area contributed by atoms with E-state index in [1.807, 2.05) is 0 Å². The van der Waals surface area contributed by atoms with Crippen molar-refractivity contribution in [3.05, 3.63) is 0 Å². The van der Waals surface area contributed by atoms with Crippen LogP contribution in [0.1, 0.15) is 20.8 Å². The molecule has 0 radical (unpaired) electrons. The Morgan fingerprint density at radius 2 is 0.871 bits per heavy atom. The summed E-state index contributed by atoms with van der Waals surface area (Å²) >= 11 is 0. The molecule has 3 heterocycles. The van der Waals surface area contributed by atoms with Gasteiger partial charge in [0.25, 0.3) is 0 Å². The van der Waals surface area contributed by atoms with Crippen molar-refractivity contribution < 1.29 is 64.5 Å². The predicted molar refractivity (Wildman–Crippen MR) is 97.0 cm³/mol. The lowest BCUT2D eigenvalue weighted by Gasteiger charge is -2.47. The van der Waals surface area contributed by atoms with E-state index in [2.05, 4.69) is 0 Å². The second-order valence-corrected chi connectivity index (χ2v) is 8.29. The standard InChI is InChI=1S/C18H32O13/c1-4-7(19)9(21)11(23)17(28-4)30-14-6(3)27-16(26)15(13(14)25)31-18-12(24)10(22)8(20)5(2)29-18/h4-26H,1-3H3. The zero-order chi connectivity index (χ0) is 23.2. The molecule has 3 aliphatic rings. The van der Waals surface area contributed by atoms with Gasteiger partial charge in [0.15, 0.2) is 18.9 Å². The van der Waals surface area contributed by atoms with Gasteiger partial charge in [0, 0.05) is 0 Å². The summed E-state index contributed by atoms with van der Waals surface area (Å²) in [6, 6.07) is 0. The van der Waals surface area contributed by atoms with Gasteiger partial charge in [-0.15, -0.1) is 0 Å². The van der Waals surface area contributed by atoms with Crippen molar-refractivity contribution >= 4 is 0 Å². The fourth-order valence-electron chi connectivity index (χ4n) is 3.91. The SMILES string of the molecule is CC1OC(OC2C(C)OC(O)C(OC3OC(C)C(O)C(O)C3O)C2O)C(O)C(O)C1O. The first-order valence-corrected chi connectivity index (χ1v) is 10.2. The van der Waals surface area contributed by atoms with Gasteiger partial charge in [-0.05, 0) is 20.8 Å². The van der Waals surface area contributed by atoms with Gasteiger partial charge in [0.2, 0.25) is 0 Å². The Balaban J connectivity index is 1.71. The average molecular weight is 456 g/mol. The summed E-state index contributed by atoms with van der Waals surface area (Å²) in [6.07, 6.45) is -20.8. The number of ether oxygens (including phenoxy) is 5. The minimum Gasteiger partial charge on any atom is -0.388 e. The van der Waals surface area contributed by atoms with Crippen molar-refractivity contribution in [3.8, 4) is 0 Å². The lowest BCUT2D eigenvalue weighted by molar-refractivity contribution is -0.376. The van der Waals surface area contributed by atoms with Gasteiger partial charge in [0.1, 0.15) is 54.9 Å². The number of aliphatic hydroxyl groups is 8. The fraction of sp³-hybridized carbons (Fsp3) is 1.00. The second kappa shape index (κ2) is 9.77. The summed E-state index contributed by atoms with van der Waals surface area (Å²) in [4.78, 5) is 0. The fourth-order valence-corrected chi connectivity index (χ4v) is 3.91. The molecule has 0 amide bonds. The highest BCUT2D eigenvalue weighted by atomic mass is 16.7. The highest BCUT2D eigenvalue weighted by molar-refractivity contribution is 4.94. The third-order valence-electron chi connectivity index (χ3n) is 5.97. The quantitative estimate of drug-likeness (QED) is 0.201. The van der Waals surface area contributed by atoms with Gasteiger partial charge in [-0.1, -0.05) is 0 Å². The van der Waals surface area contributed by atoms with Crippen LogP contribution >= 0.6 is 0 Å². The third-order valence-corrected chi connectivity index (χ3v) is 5.97. The molecule has 0 aromatic heterocycles. The molecule has 13 nitrogen and oxygen atoms in total. The summed E-state index contributed by atoms with van der Waals surface area (Å²) in [5, 5.41) is 80.8. The first-order chi connectivity index (χ1) is 14.4. The molecule has 3 saturated heterocycles. The van der Waals surface area contributed by atoms with Crippen LogP contribution in [0.25, 0.3) is 0 Å². The molecule has 31 heavy (non-hydrogen) atoms. The van der Waals surface area contributed by atoms with Gasteiger partial charge in [-0.3, -0.25) is 0 Å². The maximum Gasteiger partial charge on any atom is 0.187 e. The Kier molecular flexibility index (Phi) is 7.91. The average Bonchev–Trinajstić information content (AvgIpc) is 2.72. The predicted octanol–water partition coefficient (Wildman–Crippen LogP) is -4.49. The van der Waals surface area contributed by atoms with E-state index in [4.69, 9.17) is 23.7 Å². The molecule has 0 bridgehead atoms. The highest BCUT2D eigenvalue weighted by Crippen LogP contribution is 2.31. The lowest BCUT2D eigenvalue weighted by atomic mass is 9.97. The molecule has 0 aromatic rings. The van der Waals surface area contributed by atoms with Crippen LogP contribution in [0.4, 0.5) is 0 Å². The number of rotatable bonds is 4. The van der Waals surface area contributed by atoms with E-state index >= 15 is 0 Å². The Hall–Kier alpha value is -0.520. The number of hydrogen-bond donors (Lipinski definition) is 8. The summed E-state index contributed by atoms with van der Waals surface area (Å²) in [5.41, 5.74) is 0. The molecule has 3 fully saturated rings. The van der Waals surface area contributed by atoms with Crippen molar-refractivity contribution in [2.24, 2.45) is 0 Å². The van der Waals surface area contributed by atoms with Crippen molar-refractivity contribution in [3.63, 3.8) is 0 Å². The Morgan fingerprint density at radius 1 is 0.452 bits per heavy atom. The summed E-state index contributed by atoms with van der Waals surface area (Å²) in [7, 11) is 0.